The lowest BCUT2D eigenvalue weighted by atomic mass is 10.1. The third kappa shape index (κ3) is 5.64. The van der Waals surface area contributed by atoms with Gasteiger partial charge in [-0.15, -0.1) is 0 Å². The SMILES string of the molecule is CCOP(=O)(OCC)C(F)(F)c1ccc(CSCc2ccccc2)cc1Br. The number of halogens is 3. The molecule has 8 heteroatoms. The van der Waals surface area contributed by atoms with Crippen molar-refractivity contribution in [1.29, 1.82) is 0 Å². The largest absolute Gasteiger partial charge is 0.404 e. The van der Waals surface area contributed by atoms with Crippen LogP contribution in [0, 0.1) is 0 Å². The first-order chi connectivity index (χ1) is 12.8. The van der Waals surface area contributed by atoms with Crippen LogP contribution in [0.25, 0.3) is 0 Å². The average molecular weight is 479 g/mol. The number of hydrogen-bond acceptors (Lipinski definition) is 4. The molecule has 0 bridgehead atoms. The Hall–Kier alpha value is -0.720. The monoisotopic (exact) mass is 478 g/mol. The number of benzene rings is 2. The highest BCUT2D eigenvalue weighted by Gasteiger charge is 2.55. The second-order valence-electron chi connectivity index (χ2n) is 5.67. The molecule has 3 nitrogen and oxygen atoms in total. The summed E-state index contributed by atoms with van der Waals surface area (Å²) in [7, 11) is -4.62. The zero-order valence-electron chi connectivity index (χ0n) is 15.2. The molecule has 0 aliphatic rings. The summed E-state index contributed by atoms with van der Waals surface area (Å²) in [6.07, 6.45) is 0. The fourth-order valence-electron chi connectivity index (χ4n) is 2.44. The smallest absolute Gasteiger partial charge is 0.304 e. The molecule has 0 N–H and O–H groups in total. The Bertz CT molecular complexity index is 780. The first kappa shape index (κ1) is 22.6. The second-order valence-corrected chi connectivity index (χ2v) is 9.58. The maximum atomic E-state index is 14.9. The molecule has 0 aromatic heterocycles. The van der Waals surface area contributed by atoms with Crippen molar-refractivity contribution >= 4 is 35.3 Å². The Morgan fingerprint density at radius 1 is 1.00 bits per heavy atom. The number of hydrogen-bond donors (Lipinski definition) is 0. The van der Waals surface area contributed by atoms with E-state index in [1.807, 2.05) is 30.3 Å². The quantitative estimate of drug-likeness (QED) is 0.338. The van der Waals surface area contributed by atoms with Crippen LogP contribution in [-0.4, -0.2) is 13.2 Å². The van der Waals surface area contributed by atoms with Gasteiger partial charge in [-0.1, -0.05) is 58.4 Å². The van der Waals surface area contributed by atoms with E-state index in [0.29, 0.717) is 5.75 Å². The van der Waals surface area contributed by atoms with Crippen molar-refractivity contribution in [3.8, 4) is 0 Å². The molecule has 0 heterocycles. The van der Waals surface area contributed by atoms with Crippen LogP contribution < -0.4 is 0 Å². The summed E-state index contributed by atoms with van der Waals surface area (Å²) in [6.45, 7) is 2.76. The first-order valence-electron chi connectivity index (χ1n) is 8.51. The predicted molar refractivity (Wildman–Crippen MR) is 110 cm³/mol. The van der Waals surface area contributed by atoms with Crippen molar-refractivity contribution in [2.75, 3.05) is 13.2 Å². The Kier molecular flexibility index (Phi) is 8.50. The maximum Gasteiger partial charge on any atom is 0.404 e. The highest BCUT2D eigenvalue weighted by Crippen LogP contribution is 2.67. The van der Waals surface area contributed by atoms with Crippen LogP contribution in [0.3, 0.4) is 0 Å². The summed E-state index contributed by atoms with van der Waals surface area (Å²) >= 11 is 4.88. The fourth-order valence-corrected chi connectivity index (χ4v) is 5.78. The molecule has 0 amide bonds. The third-order valence-electron chi connectivity index (χ3n) is 3.68. The van der Waals surface area contributed by atoms with Gasteiger partial charge in [-0.2, -0.15) is 20.5 Å². The highest BCUT2D eigenvalue weighted by molar-refractivity contribution is 9.10. The number of thioether (sulfide) groups is 1. The van der Waals surface area contributed by atoms with Crippen LogP contribution in [0.1, 0.15) is 30.5 Å². The van der Waals surface area contributed by atoms with Gasteiger partial charge < -0.3 is 9.05 Å². The third-order valence-corrected chi connectivity index (χ3v) is 7.54. The first-order valence-corrected chi connectivity index (χ1v) is 12.0. The van der Waals surface area contributed by atoms with E-state index in [9.17, 15) is 13.3 Å². The van der Waals surface area contributed by atoms with E-state index in [4.69, 9.17) is 9.05 Å². The molecule has 2 aromatic rings. The van der Waals surface area contributed by atoms with Gasteiger partial charge in [0.1, 0.15) is 0 Å². The molecular formula is C19H22BrF2O3PS. The van der Waals surface area contributed by atoms with Crippen LogP contribution in [0.15, 0.2) is 53.0 Å². The van der Waals surface area contributed by atoms with E-state index in [-0.39, 0.29) is 17.7 Å². The molecule has 0 radical (unpaired) electrons. The van der Waals surface area contributed by atoms with Gasteiger partial charge in [-0.3, -0.25) is 4.57 Å². The molecule has 148 valence electrons. The molecule has 0 unspecified atom stereocenters. The van der Waals surface area contributed by atoms with Gasteiger partial charge in [0.25, 0.3) is 0 Å². The number of rotatable bonds is 10. The standard InChI is InChI=1S/C19H22BrF2O3PS/c1-3-24-26(23,25-4-2)19(21,22)17-11-10-16(12-18(17)20)14-27-13-15-8-6-5-7-9-15/h5-12H,3-4,13-14H2,1-2H3. The van der Waals surface area contributed by atoms with Crippen molar-refractivity contribution in [1.82, 2.24) is 0 Å². The topological polar surface area (TPSA) is 35.5 Å². The van der Waals surface area contributed by atoms with Crippen molar-refractivity contribution in [3.05, 3.63) is 69.7 Å². The Labute approximate surface area is 171 Å². The molecule has 27 heavy (non-hydrogen) atoms. The molecule has 0 spiro atoms. The molecule has 0 aliphatic carbocycles. The van der Waals surface area contributed by atoms with Gasteiger partial charge in [-0.05, 0) is 31.0 Å². The van der Waals surface area contributed by atoms with Gasteiger partial charge in [0.15, 0.2) is 0 Å². The lowest BCUT2D eigenvalue weighted by Crippen LogP contribution is -2.19. The minimum Gasteiger partial charge on any atom is -0.304 e. The van der Waals surface area contributed by atoms with Gasteiger partial charge in [0.05, 0.1) is 13.2 Å². The summed E-state index contributed by atoms with van der Waals surface area (Å²) < 4.78 is 52.3. The summed E-state index contributed by atoms with van der Waals surface area (Å²) in [5.74, 6) is 1.51. The van der Waals surface area contributed by atoms with E-state index in [2.05, 4.69) is 15.9 Å². The lowest BCUT2D eigenvalue weighted by Gasteiger charge is -2.26. The van der Waals surface area contributed by atoms with Gasteiger partial charge in [-0.25, -0.2) is 0 Å². The predicted octanol–water partition coefficient (Wildman–Crippen LogP) is 7.20. The van der Waals surface area contributed by atoms with Crippen molar-refractivity contribution in [2.24, 2.45) is 0 Å². The van der Waals surface area contributed by atoms with Crippen LogP contribution in [0.5, 0.6) is 0 Å². The molecule has 0 saturated heterocycles. The van der Waals surface area contributed by atoms with Crippen LogP contribution in [-0.2, 0) is 30.8 Å². The van der Waals surface area contributed by atoms with Crippen LogP contribution in [0.4, 0.5) is 8.78 Å². The summed E-state index contributed by atoms with van der Waals surface area (Å²) in [6, 6.07) is 14.6. The molecule has 2 aromatic carbocycles. The van der Waals surface area contributed by atoms with Crippen LogP contribution in [0.2, 0.25) is 0 Å². The number of alkyl halides is 2. The molecular weight excluding hydrogens is 457 g/mol. The van der Waals surface area contributed by atoms with Crippen molar-refractivity contribution in [2.45, 2.75) is 31.0 Å². The normalized spacial score (nSPS) is 12.3. The van der Waals surface area contributed by atoms with E-state index in [1.54, 1.807) is 23.9 Å². The fraction of sp³-hybridized carbons (Fsp3) is 0.368. The summed E-state index contributed by atoms with van der Waals surface area (Å²) in [5.41, 5.74) is -2.04. The molecule has 0 saturated carbocycles. The minimum atomic E-state index is -4.62. The average Bonchev–Trinajstić information content (AvgIpc) is 2.63. The lowest BCUT2D eigenvalue weighted by molar-refractivity contribution is 0.0354. The molecule has 0 fully saturated rings. The molecule has 0 atom stereocenters. The van der Waals surface area contributed by atoms with E-state index < -0.39 is 18.8 Å². The van der Waals surface area contributed by atoms with Gasteiger partial charge in [0.2, 0.25) is 0 Å². The van der Waals surface area contributed by atoms with Gasteiger partial charge in [0, 0.05) is 21.5 Å². The second kappa shape index (κ2) is 10.2. The van der Waals surface area contributed by atoms with E-state index in [0.717, 1.165) is 11.3 Å². The Morgan fingerprint density at radius 2 is 1.59 bits per heavy atom. The Morgan fingerprint density at radius 3 is 2.15 bits per heavy atom. The Balaban J connectivity index is 2.13. The maximum absolute atomic E-state index is 14.9. The van der Waals surface area contributed by atoms with Crippen molar-refractivity contribution in [3.63, 3.8) is 0 Å². The molecule has 0 aliphatic heterocycles. The van der Waals surface area contributed by atoms with E-state index >= 15 is 0 Å². The van der Waals surface area contributed by atoms with Crippen LogP contribution >= 0.6 is 35.3 Å². The zero-order valence-corrected chi connectivity index (χ0v) is 18.5. The minimum absolute atomic E-state index is 0.126. The zero-order chi connectivity index (χ0) is 19.9. The van der Waals surface area contributed by atoms with Gasteiger partial charge >= 0.3 is 13.3 Å². The van der Waals surface area contributed by atoms with Crippen molar-refractivity contribution < 1.29 is 22.4 Å². The highest BCUT2D eigenvalue weighted by atomic mass is 79.9. The molecule has 2 rings (SSSR count). The summed E-state index contributed by atoms with van der Waals surface area (Å²) in [5, 5.41) is 0. The summed E-state index contributed by atoms with van der Waals surface area (Å²) in [4.78, 5) is 0. The van der Waals surface area contributed by atoms with E-state index in [1.165, 1.54) is 25.5 Å².